The topological polar surface area (TPSA) is 108 Å². The summed E-state index contributed by atoms with van der Waals surface area (Å²) >= 11 is 0. The van der Waals surface area contributed by atoms with Crippen LogP contribution in [0.5, 0.6) is 0 Å². The van der Waals surface area contributed by atoms with Gasteiger partial charge in [-0.15, -0.1) is 0 Å². The SMILES string of the molecule is CC(c1nc(-c2cc([N+](=O)[O-])ccc2N)no1)C1CC1. The van der Waals surface area contributed by atoms with E-state index < -0.39 is 4.92 Å². The first-order chi connectivity index (χ1) is 9.56. The van der Waals surface area contributed by atoms with Crippen LogP contribution >= 0.6 is 0 Å². The minimum absolute atomic E-state index is 0.0456. The first-order valence-corrected chi connectivity index (χ1v) is 6.44. The van der Waals surface area contributed by atoms with Gasteiger partial charge in [0.05, 0.1) is 10.5 Å². The molecule has 0 bridgehead atoms. The maximum Gasteiger partial charge on any atom is 0.270 e. The Morgan fingerprint density at radius 2 is 2.25 bits per heavy atom. The van der Waals surface area contributed by atoms with Gasteiger partial charge in [0.1, 0.15) is 0 Å². The number of rotatable bonds is 4. The molecule has 7 heteroatoms. The minimum Gasteiger partial charge on any atom is -0.398 e. The van der Waals surface area contributed by atoms with Crippen LogP contribution in [0, 0.1) is 16.0 Å². The molecule has 2 N–H and O–H groups in total. The molecule has 0 saturated heterocycles. The second-order valence-corrected chi connectivity index (χ2v) is 5.11. The van der Waals surface area contributed by atoms with E-state index in [2.05, 4.69) is 10.1 Å². The fourth-order valence-corrected chi connectivity index (χ4v) is 2.18. The highest BCUT2D eigenvalue weighted by atomic mass is 16.6. The summed E-state index contributed by atoms with van der Waals surface area (Å²) in [6, 6.07) is 4.20. The number of nitro benzene ring substituents is 1. The molecule has 0 radical (unpaired) electrons. The van der Waals surface area contributed by atoms with Crippen LogP contribution in [0.4, 0.5) is 11.4 Å². The van der Waals surface area contributed by atoms with Gasteiger partial charge in [-0.05, 0) is 24.8 Å². The Hall–Kier alpha value is -2.44. The Bertz CT molecular complexity index is 663. The van der Waals surface area contributed by atoms with Gasteiger partial charge in [0.25, 0.3) is 5.69 Å². The van der Waals surface area contributed by atoms with Gasteiger partial charge in [-0.25, -0.2) is 0 Å². The van der Waals surface area contributed by atoms with E-state index in [1.165, 1.54) is 31.0 Å². The maximum atomic E-state index is 10.8. The van der Waals surface area contributed by atoms with E-state index in [0.29, 0.717) is 28.9 Å². The molecule has 1 aromatic carbocycles. The third-order valence-corrected chi connectivity index (χ3v) is 3.65. The van der Waals surface area contributed by atoms with E-state index in [0.717, 1.165) is 0 Å². The lowest BCUT2D eigenvalue weighted by Crippen LogP contribution is -1.97. The van der Waals surface area contributed by atoms with Crippen LogP contribution in [0.15, 0.2) is 22.7 Å². The highest BCUT2D eigenvalue weighted by Gasteiger charge is 2.32. The predicted octanol–water partition coefficient (Wildman–Crippen LogP) is 2.74. The van der Waals surface area contributed by atoms with Gasteiger partial charge in [-0.2, -0.15) is 4.98 Å². The molecule has 1 atom stereocenters. The van der Waals surface area contributed by atoms with E-state index in [1.807, 2.05) is 6.92 Å². The van der Waals surface area contributed by atoms with Gasteiger partial charge in [0.2, 0.25) is 11.7 Å². The summed E-state index contributed by atoms with van der Waals surface area (Å²) in [5, 5.41) is 14.7. The number of non-ortho nitro benzene ring substituents is 1. The van der Waals surface area contributed by atoms with E-state index in [4.69, 9.17) is 10.3 Å². The fourth-order valence-electron chi connectivity index (χ4n) is 2.18. The van der Waals surface area contributed by atoms with Crippen LogP contribution in [-0.2, 0) is 0 Å². The molecule has 1 heterocycles. The summed E-state index contributed by atoms with van der Waals surface area (Å²) in [4.78, 5) is 14.7. The lowest BCUT2D eigenvalue weighted by atomic mass is 10.1. The molecular formula is C13H14N4O3. The van der Waals surface area contributed by atoms with Crippen LogP contribution in [0.25, 0.3) is 11.4 Å². The van der Waals surface area contributed by atoms with E-state index >= 15 is 0 Å². The maximum absolute atomic E-state index is 10.8. The molecule has 0 spiro atoms. The van der Waals surface area contributed by atoms with Gasteiger partial charge in [-0.3, -0.25) is 10.1 Å². The monoisotopic (exact) mass is 274 g/mol. The molecule has 1 saturated carbocycles. The largest absolute Gasteiger partial charge is 0.398 e. The Morgan fingerprint density at radius 3 is 2.90 bits per heavy atom. The van der Waals surface area contributed by atoms with Crippen LogP contribution in [0.1, 0.15) is 31.6 Å². The number of nitrogen functional groups attached to an aromatic ring is 1. The van der Waals surface area contributed by atoms with Gasteiger partial charge >= 0.3 is 0 Å². The summed E-state index contributed by atoms with van der Waals surface area (Å²) < 4.78 is 5.25. The van der Waals surface area contributed by atoms with Crippen LogP contribution in [0.3, 0.4) is 0 Å². The molecule has 1 aliphatic rings. The first-order valence-electron chi connectivity index (χ1n) is 6.44. The molecule has 1 unspecified atom stereocenters. The van der Waals surface area contributed by atoms with E-state index in [-0.39, 0.29) is 11.6 Å². The zero-order valence-electron chi connectivity index (χ0n) is 10.9. The second kappa shape index (κ2) is 4.59. The highest BCUT2D eigenvalue weighted by Crippen LogP contribution is 2.42. The van der Waals surface area contributed by atoms with E-state index in [1.54, 1.807) is 0 Å². The lowest BCUT2D eigenvalue weighted by Gasteiger charge is -2.02. The second-order valence-electron chi connectivity index (χ2n) is 5.11. The molecule has 7 nitrogen and oxygen atoms in total. The number of benzene rings is 1. The first kappa shape index (κ1) is 12.6. The Balaban J connectivity index is 1.96. The van der Waals surface area contributed by atoms with Gasteiger partial charge < -0.3 is 10.3 Å². The summed E-state index contributed by atoms with van der Waals surface area (Å²) in [5.41, 5.74) is 6.61. The molecule has 1 aliphatic carbocycles. The van der Waals surface area contributed by atoms with Crippen molar-refractivity contribution in [2.75, 3.05) is 5.73 Å². The molecule has 0 aliphatic heterocycles. The standard InChI is InChI=1S/C13H14N4O3/c1-7(8-2-3-8)13-15-12(16-20-13)10-6-9(17(18)19)4-5-11(10)14/h4-8H,2-3,14H2,1H3. The molecule has 104 valence electrons. The number of hydrogen-bond donors (Lipinski definition) is 1. The smallest absolute Gasteiger partial charge is 0.270 e. The third-order valence-electron chi connectivity index (χ3n) is 3.65. The average molecular weight is 274 g/mol. The normalized spacial score (nSPS) is 16.1. The number of anilines is 1. The van der Waals surface area contributed by atoms with Crippen LogP contribution in [-0.4, -0.2) is 15.1 Å². The van der Waals surface area contributed by atoms with Crippen LogP contribution in [0.2, 0.25) is 0 Å². The van der Waals surface area contributed by atoms with Crippen molar-refractivity contribution in [2.45, 2.75) is 25.7 Å². The van der Waals surface area contributed by atoms with Crippen molar-refractivity contribution in [1.82, 2.24) is 10.1 Å². The number of nitro groups is 1. The van der Waals surface area contributed by atoms with Crippen molar-refractivity contribution in [3.63, 3.8) is 0 Å². The fraction of sp³-hybridized carbons (Fsp3) is 0.385. The predicted molar refractivity (Wildman–Crippen MR) is 71.9 cm³/mol. The average Bonchev–Trinajstić information content (AvgIpc) is 3.16. The molecule has 3 rings (SSSR count). The van der Waals surface area contributed by atoms with Crippen molar-refractivity contribution < 1.29 is 9.45 Å². The quantitative estimate of drug-likeness (QED) is 0.521. The molecule has 1 aromatic heterocycles. The Morgan fingerprint density at radius 1 is 1.50 bits per heavy atom. The van der Waals surface area contributed by atoms with Gasteiger partial charge in [0, 0.05) is 23.7 Å². The summed E-state index contributed by atoms with van der Waals surface area (Å²) in [6.45, 7) is 2.05. The van der Waals surface area contributed by atoms with Crippen molar-refractivity contribution in [2.24, 2.45) is 5.92 Å². The molecule has 2 aromatic rings. The van der Waals surface area contributed by atoms with Crippen molar-refractivity contribution >= 4 is 11.4 Å². The van der Waals surface area contributed by atoms with Crippen molar-refractivity contribution in [1.29, 1.82) is 0 Å². The highest BCUT2D eigenvalue weighted by molar-refractivity contribution is 5.73. The Labute approximate surface area is 114 Å². The molecular weight excluding hydrogens is 260 g/mol. The number of hydrogen-bond acceptors (Lipinski definition) is 6. The number of nitrogens with two attached hydrogens (primary N) is 1. The zero-order chi connectivity index (χ0) is 14.3. The third kappa shape index (κ3) is 2.22. The minimum atomic E-state index is -0.475. The summed E-state index contributed by atoms with van der Waals surface area (Å²) in [5.74, 6) is 1.68. The van der Waals surface area contributed by atoms with Gasteiger partial charge in [-0.1, -0.05) is 12.1 Å². The lowest BCUT2D eigenvalue weighted by molar-refractivity contribution is -0.384. The number of aromatic nitrogens is 2. The van der Waals surface area contributed by atoms with Crippen LogP contribution < -0.4 is 5.73 Å². The molecule has 20 heavy (non-hydrogen) atoms. The van der Waals surface area contributed by atoms with E-state index in [9.17, 15) is 10.1 Å². The summed E-state index contributed by atoms with van der Waals surface area (Å²) in [6.07, 6.45) is 2.36. The molecule has 0 amide bonds. The summed E-state index contributed by atoms with van der Waals surface area (Å²) in [7, 11) is 0. The Kier molecular flexibility index (Phi) is 2.89. The molecule has 1 fully saturated rings. The van der Waals surface area contributed by atoms with Gasteiger partial charge in [0.15, 0.2) is 0 Å². The number of nitrogens with zero attached hydrogens (tertiary/aromatic N) is 3. The van der Waals surface area contributed by atoms with Crippen molar-refractivity contribution in [3.8, 4) is 11.4 Å². The van der Waals surface area contributed by atoms with Crippen molar-refractivity contribution in [3.05, 3.63) is 34.2 Å². The zero-order valence-corrected chi connectivity index (χ0v) is 10.9.